The van der Waals surface area contributed by atoms with Gasteiger partial charge in [0.1, 0.15) is 0 Å². The first-order valence-electron chi connectivity index (χ1n) is 4.21. The zero-order chi connectivity index (χ0) is 9.84. The molecule has 0 aromatic heterocycles. The highest BCUT2D eigenvalue weighted by molar-refractivity contribution is 7.98. The Morgan fingerprint density at radius 1 is 1.54 bits per heavy atom. The van der Waals surface area contributed by atoms with E-state index in [9.17, 15) is 5.11 Å². The van der Waals surface area contributed by atoms with Crippen molar-refractivity contribution in [3.05, 3.63) is 29.3 Å². The smallest absolute Gasteiger partial charge is 0.0915 e. The minimum absolute atomic E-state index is 0.276. The van der Waals surface area contributed by atoms with Crippen LogP contribution in [0.3, 0.4) is 0 Å². The van der Waals surface area contributed by atoms with E-state index in [1.54, 1.807) is 11.8 Å². The number of aryl methyl sites for hydroxylation is 1. The van der Waals surface area contributed by atoms with E-state index >= 15 is 0 Å². The van der Waals surface area contributed by atoms with Crippen molar-refractivity contribution < 1.29 is 5.11 Å². The second-order valence-corrected chi connectivity index (χ2v) is 3.85. The second-order valence-electron chi connectivity index (χ2n) is 2.97. The minimum Gasteiger partial charge on any atom is -0.387 e. The molecule has 0 amide bonds. The number of benzene rings is 1. The van der Waals surface area contributed by atoms with E-state index in [1.807, 2.05) is 31.4 Å². The maximum absolute atomic E-state index is 9.60. The Hall–Kier alpha value is -0.510. The lowest BCUT2D eigenvalue weighted by Gasteiger charge is -2.12. The van der Waals surface area contributed by atoms with Gasteiger partial charge in [-0.05, 0) is 36.4 Å². The lowest BCUT2D eigenvalue weighted by Crippen LogP contribution is -2.12. The number of hydrogen-bond acceptors (Lipinski definition) is 3. The standard InChI is InChI=1S/C10H15NOS/c1-7-3-4-8(13-2)5-9(7)10(12)6-11/h3-5,10,12H,6,11H2,1-2H3. The maximum Gasteiger partial charge on any atom is 0.0915 e. The van der Waals surface area contributed by atoms with E-state index in [0.717, 1.165) is 16.0 Å². The summed E-state index contributed by atoms with van der Waals surface area (Å²) in [4.78, 5) is 1.16. The second kappa shape index (κ2) is 4.65. The van der Waals surface area contributed by atoms with Gasteiger partial charge in [0.2, 0.25) is 0 Å². The lowest BCUT2D eigenvalue weighted by atomic mass is 10.0. The third-order valence-electron chi connectivity index (χ3n) is 2.07. The molecule has 0 spiro atoms. The summed E-state index contributed by atoms with van der Waals surface area (Å²) in [5.41, 5.74) is 7.44. The fraction of sp³-hybridized carbons (Fsp3) is 0.400. The summed E-state index contributed by atoms with van der Waals surface area (Å²) < 4.78 is 0. The molecule has 1 aromatic rings. The van der Waals surface area contributed by atoms with Gasteiger partial charge in [-0.3, -0.25) is 0 Å². The molecule has 1 unspecified atom stereocenters. The molecule has 3 N–H and O–H groups in total. The topological polar surface area (TPSA) is 46.2 Å². The van der Waals surface area contributed by atoms with Crippen LogP contribution in [-0.4, -0.2) is 17.9 Å². The molecule has 13 heavy (non-hydrogen) atoms. The Labute approximate surface area is 83.1 Å². The van der Waals surface area contributed by atoms with Gasteiger partial charge in [0.15, 0.2) is 0 Å². The van der Waals surface area contributed by atoms with Gasteiger partial charge >= 0.3 is 0 Å². The summed E-state index contributed by atoms with van der Waals surface area (Å²) in [6, 6.07) is 6.06. The summed E-state index contributed by atoms with van der Waals surface area (Å²) in [5.74, 6) is 0. The molecule has 0 radical (unpaired) electrons. The van der Waals surface area contributed by atoms with Crippen LogP contribution in [0.5, 0.6) is 0 Å². The first-order valence-corrected chi connectivity index (χ1v) is 5.44. The van der Waals surface area contributed by atoms with Crippen LogP contribution in [0.2, 0.25) is 0 Å². The molecule has 0 aliphatic carbocycles. The molecule has 1 rings (SSSR count). The summed E-state index contributed by atoms with van der Waals surface area (Å²) in [6.45, 7) is 2.26. The van der Waals surface area contributed by atoms with E-state index < -0.39 is 6.10 Å². The Morgan fingerprint density at radius 2 is 2.23 bits per heavy atom. The number of aliphatic hydroxyl groups is 1. The fourth-order valence-electron chi connectivity index (χ4n) is 1.23. The van der Waals surface area contributed by atoms with Crippen LogP contribution in [0.4, 0.5) is 0 Å². The van der Waals surface area contributed by atoms with Crippen LogP contribution in [0.1, 0.15) is 17.2 Å². The van der Waals surface area contributed by atoms with Crippen molar-refractivity contribution in [3.63, 3.8) is 0 Å². The summed E-state index contributed by atoms with van der Waals surface area (Å²) in [6.07, 6.45) is 1.48. The van der Waals surface area contributed by atoms with E-state index in [4.69, 9.17) is 5.73 Å². The molecule has 0 fully saturated rings. The van der Waals surface area contributed by atoms with Crippen molar-refractivity contribution in [1.29, 1.82) is 0 Å². The summed E-state index contributed by atoms with van der Waals surface area (Å²) >= 11 is 1.67. The van der Waals surface area contributed by atoms with Crippen LogP contribution in [0.25, 0.3) is 0 Å². The Kier molecular flexibility index (Phi) is 3.78. The molecule has 0 heterocycles. The SMILES string of the molecule is CSc1ccc(C)c(C(O)CN)c1. The van der Waals surface area contributed by atoms with E-state index in [0.29, 0.717) is 0 Å². The molecule has 3 heteroatoms. The molecule has 0 aliphatic rings. The molecule has 1 aromatic carbocycles. The van der Waals surface area contributed by atoms with Crippen LogP contribution in [0, 0.1) is 6.92 Å². The van der Waals surface area contributed by atoms with E-state index in [2.05, 4.69) is 0 Å². The third-order valence-corrected chi connectivity index (χ3v) is 2.79. The maximum atomic E-state index is 9.60. The third kappa shape index (κ3) is 2.46. The largest absolute Gasteiger partial charge is 0.387 e. The van der Waals surface area contributed by atoms with Gasteiger partial charge < -0.3 is 10.8 Å². The van der Waals surface area contributed by atoms with E-state index in [-0.39, 0.29) is 6.54 Å². The molecular weight excluding hydrogens is 182 g/mol. The van der Waals surface area contributed by atoms with Crippen molar-refractivity contribution in [1.82, 2.24) is 0 Å². The monoisotopic (exact) mass is 197 g/mol. The minimum atomic E-state index is -0.535. The molecule has 72 valence electrons. The normalized spacial score (nSPS) is 12.9. The first-order chi connectivity index (χ1) is 6.19. The van der Waals surface area contributed by atoms with Crippen molar-refractivity contribution in [3.8, 4) is 0 Å². The average molecular weight is 197 g/mol. The Balaban J connectivity index is 3.03. The van der Waals surface area contributed by atoms with Crippen molar-refractivity contribution >= 4 is 11.8 Å². The molecule has 0 saturated carbocycles. The zero-order valence-corrected chi connectivity index (χ0v) is 8.77. The average Bonchev–Trinajstić information content (AvgIpc) is 2.17. The van der Waals surface area contributed by atoms with Crippen molar-refractivity contribution in [2.75, 3.05) is 12.8 Å². The number of rotatable bonds is 3. The number of nitrogens with two attached hydrogens (primary N) is 1. The fourth-order valence-corrected chi connectivity index (χ4v) is 1.68. The van der Waals surface area contributed by atoms with Gasteiger partial charge in [-0.25, -0.2) is 0 Å². The number of aliphatic hydroxyl groups excluding tert-OH is 1. The van der Waals surface area contributed by atoms with Gasteiger partial charge in [0.25, 0.3) is 0 Å². The molecule has 0 saturated heterocycles. The highest BCUT2D eigenvalue weighted by Gasteiger charge is 2.08. The quantitative estimate of drug-likeness (QED) is 0.725. The lowest BCUT2D eigenvalue weighted by molar-refractivity contribution is 0.186. The molecule has 0 bridgehead atoms. The molecule has 0 aliphatic heterocycles. The highest BCUT2D eigenvalue weighted by atomic mass is 32.2. The molecule has 2 nitrogen and oxygen atoms in total. The van der Waals surface area contributed by atoms with Gasteiger partial charge in [-0.15, -0.1) is 11.8 Å². The van der Waals surface area contributed by atoms with Crippen LogP contribution in [0.15, 0.2) is 23.1 Å². The number of thioether (sulfide) groups is 1. The predicted molar refractivity (Wildman–Crippen MR) is 57.0 cm³/mol. The summed E-state index contributed by atoms with van der Waals surface area (Å²) in [5, 5.41) is 9.60. The van der Waals surface area contributed by atoms with Crippen LogP contribution in [-0.2, 0) is 0 Å². The van der Waals surface area contributed by atoms with Gasteiger partial charge in [-0.2, -0.15) is 0 Å². The molecular formula is C10H15NOS. The van der Waals surface area contributed by atoms with Gasteiger partial charge in [-0.1, -0.05) is 6.07 Å². The van der Waals surface area contributed by atoms with Gasteiger partial charge in [0, 0.05) is 11.4 Å². The van der Waals surface area contributed by atoms with Gasteiger partial charge in [0.05, 0.1) is 6.10 Å². The van der Waals surface area contributed by atoms with Crippen LogP contribution >= 0.6 is 11.8 Å². The number of hydrogen-bond donors (Lipinski definition) is 2. The van der Waals surface area contributed by atoms with Crippen molar-refractivity contribution in [2.24, 2.45) is 5.73 Å². The van der Waals surface area contributed by atoms with Crippen LogP contribution < -0.4 is 5.73 Å². The van der Waals surface area contributed by atoms with Crippen molar-refractivity contribution in [2.45, 2.75) is 17.9 Å². The highest BCUT2D eigenvalue weighted by Crippen LogP contribution is 2.23. The van der Waals surface area contributed by atoms with E-state index in [1.165, 1.54) is 0 Å². The summed E-state index contributed by atoms with van der Waals surface area (Å²) in [7, 11) is 0. The zero-order valence-electron chi connectivity index (χ0n) is 7.95. The molecule has 1 atom stereocenters. The first kappa shape index (κ1) is 10.6. The predicted octanol–water partition coefficient (Wildman–Crippen LogP) is 1.71. The Morgan fingerprint density at radius 3 is 2.77 bits per heavy atom. The Bertz CT molecular complexity index is 288.